The number of hydroxylamine groups is 2. The van der Waals surface area contributed by atoms with Crippen molar-refractivity contribution in [2.75, 3.05) is 7.11 Å². The summed E-state index contributed by atoms with van der Waals surface area (Å²) in [7, 11) is 1.59. The van der Waals surface area contributed by atoms with Crippen LogP contribution in [-0.2, 0) is 9.63 Å². The number of fused-ring (bicyclic) bond motifs is 1. The van der Waals surface area contributed by atoms with Gasteiger partial charge in [0.15, 0.2) is 0 Å². The van der Waals surface area contributed by atoms with Gasteiger partial charge in [-0.05, 0) is 42.2 Å². The highest BCUT2D eigenvalue weighted by atomic mass is 16.7. The van der Waals surface area contributed by atoms with Gasteiger partial charge in [0.2, 0.25) is 0 Å². The van der Waals surface area contributed by atoms with Gasteiger partial charge in [-0.25, -0.2) is 4.79 Å². The minimum Gasteiger partial charge on any atom is -0.497 e. The van der Waals surface area contributed by atoms with E-state index in [-0.39, 0.29) is 23.5 Å². The molecule has 2 aromatic carbocycles. The fraction of sp³-hybridized carbons (Fsp3) is 0.250. The molecule has 0 aliphatic carbocycles. The van der Waals surface area contributed by atoms with E-state index in [1.165, 1.54) is 12.1 Å². The first-order chi connectivity index (χ1) is 12.5. The van der Waals surface area contributed by atoms with Crippen LogP contribution in [0.25, 0.3) is 0 Å². The van der Waals surface area contributed by atoms with Crippen LogP contribution in [0.2, 0.25) is 0 Å². The smallest absolute Gasteiger partial charge is 0.333 e. The Bertz CT molecular complexity index is 809. The van der Waals surface area contributed by atoms with E-state index < -0.39 is 17.8 Å². The predicted molar refractivity (Wildman–Crippen MR) is 93.7 cm³/mol. The number of imide groups is 1. The quantitative estimate of drug-likeness (QED) is 0.745. The molecule has 2 amide bonds. The second kappa shape index (κ2) is 7.39. The predicted octanol–water partition coefficient (Wildman–Crippen LogP) is 3.33. The summed E-state index contributed by atoms with van der Waals surface area (Å²) >= 11 is 0. The molecule has 2 aromatic rings. The highest BCUT2D eigenvalue weighted by Gasteiger charge is 2.38. The van der Waals surface area contributed by atoms with Crippen LogP contribution in [0.3, 0.4) is 0 Å². The summed E-state index contributed by atoms with van der Waals surface area (Å²) in [6.07, 6.45) is 0.778. The van der Waals surface area contributed by atoms with Gasteiger partial charge in [0.25, 0.3) is 11.8 Å². The maximum Gasteiger partial charge on any atom is 0.333 e. The third-order valence-corrected chi connectivity index (χ3v) is 4.44. The molecule has 1 heterocycles. The number of ether oxygens (including phenoxy) is 1. The van der Waals surface area contributed by atoms with Gasteiger partial charge >= 0.3 is 5.97 Å². The fourth-order valence-corrected chi connectivity index (χ4v) is 2.96. The van der Waals surface area contributed by atoms with Crippen molar-refractivity contribution >= 4 is 17.8 Å². The van der Waals surface area contributed by atoms with Crippen LogP contribution in [0.1, 0.15) is 52.0 Å². The van der Waals surface area contributed by atoms with Crippen molar-refractivity contribution in [1.82, 2.24) is 5.06 Å². The van der Waals surface area contributed by atoms with Crippen LogP contribution < -0.4 is 4.74 Å². The van der Waals surface area contributed by atoms with Gasteiger partial charge < -0.3 is 9.57 Å². The van der Waals surface area contributed by atoms with Crippen LogP contribution in [0, 0.1) is 0 Å². The Morgan fingerprint density at radius 3 is 2.08 bits per heavy atom. The second-order valence-corrected chi connectivity index (χ2v) is 6.00. The van der Waals surface area contributed by atoms with Gasteiger partial charge in [0.05, 0.1) is 24.7 Å². The second-order valence-electron chi connectivity index (χ2n) is 6.00. The number of rotatable bonds is 6. The Kier molecular flexibility index (Phi) is 5.02. The number of methoxy groups -OCH3 is 1. The number of hydrogen-bond donors (Lipinski definition) is 0. The maximum absolute atomic E-state index is 12.3. The van der Waals surface area contributed by atoms with E-state index in [1.54, 1.807) is 19.2 Å². The molecule has 0 bridgehead atoms. The molecular formula is C20H19NO5. The van der Waals surface area contributed by atoms with Crippen molar-refractivity contribution in [3.05, 3.63) is 65.2 Å². The average Bonchev–Trinajstić information content (AvgIpc) is 2.91. The summed E-state index contributed by atoms with van der Waals surface area (Å²) in [5.41, 5.74) is 1.45. The molecule has 3 rings (SSSR count). The van der Waals surface area contributed by atoms with Crippen LogP contribution in [0.4, 0.5) is 0 Å². The minimum atomic E-state index is -0.623. The summed E-state index contributed by atoms with van der Waals surface area (Å²) in [4.78, 5) is 41.9. The zero-order valence-electron chi connectivity index (χ0n) is 14.6. The zero-order chi connectivity index (χ0) is 18.7. The minimum absolute atomic E-state index is 0.0657. The molecule has 1 aliphatic heterocycles. The van der Waals surface area contributed by atoms with Crippen molar-refractivity contribution in [2.45, 2.75) is 25.7 Å². The molecule has 6 heteroatoms. The van der Waals surface area contributed by atoms with Gasteiger partial charge in [-0.2, -0.15) is 0 Å². The molecule has 26 heavy (non-hydrogen) atoms. The van der Waals surface area contributed by atoms with Gasteiger partial charge in [-0.15, -0.1) is 0 Å². The monoisotopic (exact) mass is 353 g/mol. The molecule has 0 fully saturated rings. The van der Waals surface area contributed by atoms with E-state index >= 15 is 0 Å². The van der Waals surface area contributed by atoms with Crippen LogP contribution in [0.15, 0.2) is 48.5 Å². The zero-order valence-corrected chi connectivity index (χ0v) is 14.6. The first-order valence-corrected chi connectivity index (χ1v) is 8.37. The van der Waals surface area contributed by atoms with Gasteiger partial charge in [-0.1, -0.05) is 36.3 Å². The molecule has 6 nitrogen and oxygen atoms in total. The Morgan fingerprint density at radius 2 is 1.58 bits per heavy atom. The Labute approximate surface area is 151 Å². The molecule has 0 radical (unpaired) electrons. The van der Waals surface area contributed by atoms with Gasteiger partial charge in [-0.3, -0.25) is 9.59 Å². The lowest BCUT2D eigenvalue weighted by Crippen LogP contribution is -2.33. The first-order valence-electron chi connectivity index (χ1n) is 8.37. The Hall–Kier alpha value is -3.15. The summed E-state index contributed by atoms with van der Waals surface area (Å²) < 4.78 is 5.13. The molecule has 0 spiro atoms. The third kappa shape index (κ3) is 3.31. The highest BCUT2D eigenvalue weighted by Crippen LogP contribution is 2.27. The van der Waals surface area contributed by atoms with E-state index in [0.717, 1.165) is 11.3 Å². The fourth-order valence-electron chi connectivity index (χ4n) is 2.96. The number of nitrogens with zero attached hydrogens (tertiary/aromatic N) is 1. The largest absolute Gasteiger partial charge is 0.497 e. The molecule has 1 atom stereocenters. The SMILES string of the molecule is CCC(CC(=O)ON1C(=O)c2ccccc2C1=O)c1ccc(OC)cc1. The van der Waals surface area contributed by atoms with Crippen molar-refractivity contribution in [1.29, 1.82) is 0 Å². The lowest BCUT2D eigenvalue weighted by Gasteiger charge is -2.17. The summed E-state index contributed by atoms with van der Waals surface area (Å²) in [6.45, 7) is 1.96. The van der Waals surface area contributed by atoms with Crippen LogP contribution >= 0.6 is 0 Å². The number of benzene rings is 2. The lowest BCUT2D eigenvalue weighted by molar-refractivity contribution is -0.169. The average molecular weight is 353 g/mol. The topological polar surface area (TPSA) is 72.9 Å². The van der Waals surface area contributed by atoms with Crippen molar-refractivity contribution in [3.63, 3.8) is 0 Å². The van der Waals surface area contributed by atoms with E-state index in [2.05, 4.69) is 0 Å². The van der Waals surface area contributed by atoms with Gasteiger partial charge in [0.1, 0.15) is 5.75 Å². The third-order valence-electron chi connectivity index (χ3n) is 4.44. The van der Waals surface area contributed by atoms with E-state index in [4.69, 9.17) is 9.57 Å². The van der Waals surface area contributed by atoms with Crippen molar-refractivity contribution in [3.8, 4) is 5.75 Å². The summed E-state index contributed by atoms with van der Waals surface area (Å²) in [5, 5.41) is 0.549. The molecule has 0 N–H and O–H groups in total. The van der Waals surface area contributed by atoms with Crippen molar-refractivity contribution in [2.24, 2.45) is 0 Å². The molecular weight excluding hydrogens is 334 g/mol. The first kappa shape index (κ1) is 17.7. The molecule has 0 saturated carbocycles. The number of amides is 2. The number of carbonyl (C=O) groups excluding carboxylic acids is 3. The molecule has 1 aliphatic rings. The number of carbonyl (C=O) groups is 3. The Balaban J connectivity index is 1.68. The maximum atomic E-state index is 12.3. The summed E-state index contributed by atoms with van der Waals surface area (Å²) in [6, 6.07) is 13.8. The lowest BCUT2D eigenvalue weighted by atomic mass is 9.93. The van der Waals surface area contributed by atoms with Crippen molar-refractivity contribution < 1.29 is 24.0 Å². The summed E-state index contributed by atoms with van der Waals surface area (Å²) in [5.74, 6) is -1.20. The molecule has 0 saturated heterocycles. The highest BCUT2D eigenvalue weighted by molar-refractivity contribution is 6.20. The van der Waals surface area contributed by atoms with E-state index in [1.807, 2.05) is 31.2 Å². The molecule has 0 aromatic heterocycles. The molecule has 134 valence electrons. The van der Waals surface area contributed by atoms with Gasteiger partial charge in [0, 0.05) is 0 Å². The van der Waals surface area contributed by atoms with E-state index in [9.17, 15) is 14.4 Å². The normalized spacial score (nSPS) is 14.2. The molecule has 1 unspecified atom stereocenters. The van der Waals surface area contributed by atoms with Crippen LogP contribution in [0.5, 0.6) is 5.75 Å². The Morgan fingerprint density at radius 1 is 1.00 bits per heavy atom. The van der Waals surface area contributed by atoms with E-state index in [0.29, 0.717) is 11.5 Å². The van der Waals surface area contributed by atoms with Crippen LogP contribution in [-0.4, -0.2) is 30.0 Å². The number of hydrogen-bond acceptors (Lipinski definition) is 5. The standard InChI is InChI=1S/C20H19NO5/c1-3-13(14-8-10-15(25-2)11-9-14)12-18(22)26-21-19(23)16-6-4-5-7-17(16)20(21)24/h4-11,13H,3,12H2,1-2H3.